The minimum Gasteiger partial charge on any atom is -0.487 e. The van der Waals surface area contributed by atoms with Gasteiger partial charge in [0.25, 0.3) is 0 Å². The average Bonchev–Trinajstić information content (AvgIpc) is 2.88. The van der Waals surface area contributed by atoms with Crippen molar-refractivity contribution in [2.75, 3.05) is 0 Å². The first-order valence-corrected chi connectivity index (χ1v) is 7.30. The molecule has 0 N–H and O–H groups in total. The van der Waals surface area contributed by atoms with Gasteiger partial charge in [0.15, 0.2) is 5.78 Å². The van der Waals surface area contributed by atoms with E-state index in [2.05, 4.69) is 13.8 Å². The second-order valence-corrected chi connectivity index (χ2v) is 6.40. The van der Waals surface area contributed by atoms with E-state index in [1.807, 2.05) is 35.9 Å². The SMILES string of the molecule is Cc1cscc1C(=O)c1ccc2c(c1)CC(C)(C)O2. The van der Waals surface area contributed by atoms with Crippen molar-refractivity contribution in [1.29, 1.82) is 0 Å². The van der Waals surface area contributed by atoms with Crippen LogP contribution in [0.25, 0.3) is 0 Å². The molecule has 0 atom stereocenters. The van der Waals surface area contributed by atoms with E-state index in [0.29, 0.717) is 0 Å². The van der Waals surface area contributed by atoms with Crippen LogP contribution in [0.1, 0.15) is 40.9 Å². The number of hydrogen-bond acceptors (Lipinski definition) is 3. The molecule has 0 aliphatic carbocycles. The molecular weight excluding hydrogens is 256 g/mol. The van der Waals surface area contributed by atoms with Crippen LogP contribution >= 0.6 is 11.3 Å². The van der Waals surface area contributed by atoms with Crippen molar-refractivity contribution in [1.82, 2.24) is 0 Å². The molecule has 2 nitrogen and oxygen atoms in total. The van der Waals surface area contributed by atoms with Crippen molar-refractivity contribution in [2.24, 2.45) is 0 Å². The molecule has 0 spiro atoms. The minimum absolute atomic E-state index is 0.103. The third-order valence-electron chi connectivity index (χ3n) is 3.43. The maximum atomic E-state index is 12.5. The van der Waals surface area contributed by atoms with Gasteiger partial charge in [0.2, 0.25) is 0 Å². The van der Waals surface area contributed by atoms with E-state index in [1.165, 1.54) is 0 Å². The first kappa shape index (κ1) is 12.4. The molecule has 19 heavy (non-hydrogen) atoms. The lowest BCUT2D eigenvalue weighted by Crippen LogP contribution is -2.24. The number of fused-ring (bicyclic) bond motifs is 1. The molecule has 2 aromatic rings. The number of ketones is 1. The fraction of sp³-hybridized carbons (Fsp3) is 0.312. The Hall–Kier alpha value is -1.61. The average molecular weight is 272 g/mol. The number of hydrogen-bond donors (Lipinski definition) is 0. The summed E-state index contributed by atoms with van der Waals surface area (Å²) in [5.74, 6) is 1.01. The zero-order valence-corrected chi connectivity index (χ0v) is 12.1. The van der Waals surface area contributed by atoms with Gasteiger partial charge < -0.3 is 4.74 Å². The van der Waals surface area contributed by atoms with E-state index in [-0.39, 0.29) is 11.4 Å². The van der Waals surface area contributed by atoms with Crippen LogP contribution in [0.4, 0.5) is 0 Å². The summed E-state index contributed by atoms with van der Waals surface area (Å²) in [6, 6.07) is 5.75. The summed E-state index contributed by atoms with van der Waals surface area (Å²) in [4.78, 5) is 12.5. The van der Waals surface area contributed by atoms with Gasteiger partial charge in [-0.1, -0.05) is 0 Å². The van der Waals surface area contributed by atoms with Crippen molar-refractivity contribution in [2.45, 2.75) is 32.8 Å². The number of thiophene rings is 1. The second kappa shape index (κ2) is 4.20. The largest absolute Gasteiger partial charge is 0.487 e. The van der Waals surface area contributed by atoms with Crippen LogP contribution in [0.2, 0.25) is 0 Å². The predicted octanol–water partition coefficient (Wildman–Crippen LogP) is 4.00. The fourth-order valence-electron chi connectivity index (χ4n) is 2.50. The molecule has 3 heteroatoms. The van der Waals surface area contributed by atoms with Gasteiger partial charge in [-0.2, -0.15) is 11.3 Å². The molecule has 98 valence electrons. The molecule has 0 saturated heterocycles. The Morgan fingerprint density at radius 3 is 2.79 bits per heavy atom. The number of ether oxygens (including phenoxy) is 1. The number of carbonyl (C=O) groups excluding carboxylic acids is 1. The maximum absolute atomic E-state index is 12.5. The fourth-order valence-corrected chi connectivity index (χ4v) is 3.33. The van der Waals surface area contributed by atoms with E-state index in [0.717, 1.165) is 34.4 Å². The molecule has 1 aromatic carbocycles. The first-order valence-electron chi connectivity index (χ1n) is 6.36. The second-order valence-electron chi connectivity index (χ2n) is 5.66. The van der Waals surface area contributed by atoms with Gasteiger partial charge >= 0.3 is 0 Å². The molecule has 1 aliphatic rings. The molecule has 1 aliphatic heterocycles. The summed E-state index contributed by atoms with van der Waals surface area (Å²) in [7, 11) is 0. The zero-order valence-electron chi connectivity index (χ0n) is 11.3. The Bertz CT molecular complexity index is 653. The summed E-state index contributed by atoms with van der Waals surface area (Å²) in [5.41, 5.74) is 3.57. The van der Waals surface area contributed by atoms with Crippen molar-refractivity contribution in [3.05, 3.63) is 51.2 Å². The molecule has 0 unspecified atom stereocenters. The van der Waals surface area contributed by atoms with Crippen molar-refractivity contribution >= 4 is 17.1 Å². The van der Waals surface area contributed by atoms with Crippen LogP contribution < -0.4 is 4.74 Å². The Kier molecular flexibility index (Phi) is 2.75. The lowest BCUT2D eigenvalue weighted by molar-refractivity contribution is 0.103. The monoisotopic (exact) mass is 272 g/mol. The van der Waals surface area contributed by atoms with Crippen LogP contribution in [0.3, 0.4) is 0 Å². The van der Waals surface area contributed by atoms with Crippen LogP contribution in [-0.2, 0) is 6.42 Å². The van der Waals surface area contributed by atoms with E-state index in [4.69, 9.17) is 4.74 Å². The summed E-state index contributed by atoms with van der Waals surface area (Å²) >= 11 is 1.57. The van der Waals surface area contributed by atoms with E-state index in [9.17, 15) is 4.79 Å². The first-order chi connectivity index (χ1) is 8.96. The van der Waals surface area contributed by atoms with Crippen LogP contribution in [0.5, 0.6) is 5.75 Å². The van der Waals surface area contributed by atoms with Gasteiger partial charge in [-0.3, -0.25) is 4.79 Å². The molecule has 0 radical (unpaired) electrons. The van der Waals surface area contributed by atoms with Gasteiger partial charge in [-0.05, 0) is 55.5 Å². The van der Waals surface area contributed by atoms with Crippen molar-refractivity contribution < 1.29 is 9.53 Å². The molecule has 1 aromatic heterocycles. The zero-order chi connectivity index (χ0) is 13.6. The van der Waals surface area contributed by atoms with Crippen LogP contribution in [-0.4, -0.2) is 11.4 Å². The van der Waals surface area contributed by atoms with Gasteiger partial charge in [0, 0.05) is 22.9 Å². The normalized spacial score (nSPS) is 15.9. The Labute approximate surface area is 117 Å². The lowest BCUT2D eigenvalue weighted by atomic mass is 9.97. The highest BCUT2D eigenvalue weighted by molar-refractivity contribution is 7.08. The van der Waals surface area contributed by atoms with Crippen LogP contribution in [0, 0.1) is 6.92 Å². The highest BCUT2D eigenvalue weighted by Gasteiger charge is 2.30. The third-order valence-corrected chi connectivity index (χ3v) is 4.29. The van der Waals surface area contributed by atoms with E-state index in [1.54, 1.807) is 11.3 Å². The predicted molar refractivity (Wildman–Crippen MR) is 77.3 cm³/mol. The molecule has 0 fully saturated rings. The highest BCUT2D eigenvalue weighted by atomic mass is 32.1. The summed E-state index contributed by atoms with van der Waals surface area (Å²) in [6.45, 7) is 6.11. The maximum Gasteiger partial charge on any atom is 0.194 e. The Morgan fingerprint density at radius 1 is 1.32 bits per heavy atom. The molecule has 0 saturated carbocycles. The molecule has 2 heterocycles. The van der Waals surface area contributed by atoms with Crippen molar-refractivity contribution in [3.8, 4) is 5.75 Å². The number of rotatable bonds is 2. The van der Waals surface area contributed by atoms with Crippen LogP contribution in [0.15, 0.2) is 29.0 Å². The van der Waals surface area contributed by atoms with E-state index < -0.39 is 0 Å². The third kappa shape index (κ3) is 2.19. The summed E-state index contributed by atoms with van der Waals surface area (Å²) in [6.07, 6.45) is 0.853. The lowest BCUT2D eigenvalue weighted by Gasteiger charge is -2.16. The van der Waals surface area contributed by atoms with Gasteiger partial charge in [0.1, 0.15) is 11.4 Å². The molecule has 3 rings (SSSR count). The van der Waals surface area contributed by atoms with E-state index >= 15 is 0 Å². The smallest absolute Gasteiger partial charge is 0.194 e. The highest BCUT2D eigenvalue weighted by Crippen LogP contribution is 2.35. The number of aryl methyl sites for hydroxylation is 1. The molecule has 0 bridgehead atoms. The summed E-state index contributed by atoms with van der Waals surface area (Å²) in [5, 5.41) is 3.93. The van der Waals surface area contributed by atoms with Gasteiger partial charge in [-0.15, -0.1) is 0 Å². The Balaban J connectivity index is 1.97. The quantitative estimate of drug-likeness (QED) is 0.772. The summed E-state index contributed by atoms with van der Waals surface area (Å²) < 4.78 is 5.83. The Morgan fingerprint density at radius 2 is 2.11 bits per heavy atom. The molecule has 0 amide bonds. The molecular formula is C16H16O2S. The number of carbonyl (C=O) groups is 1. The standard InChI is InChI=1S/C16H16O2S/c1-10-8-19-9-13(10)15(17)11-4-5-14-12(6-11)7-16(2,3)18-14/h4-6,8-9H,7H2,1-3H3. The van der Waals surface area contributed by atoms with Gasteiger partial charge in [0.05, 0.1) is 0 Å². The minimum atomic E-state index is -0.164. The van der Waals surface area contributed by atoms with Gasteiger partial charge in [-0.25, -0.2) is 0 Å². The van der Waals surface area contributed by atoms with Crippen molar-refractivity contribution in [3.63, 3.8) is 0 Å². The topological polar surface area (TPSA) is 26.3 Å². The number of benzene rings is 1.